The molecule has 1 saturated heterocycles. The third-order valence-electron chi connectivity index (χ3n) is 7.10. The largest absolute Gasteiger partial charge is 0.382 e. The van der Waals surface area contributed by atoms with Crippen LogP contribution in [0.25, 0.3) is 0 Å². The van der Waals surface area contributed by atoms with E-state index in [0.29, 0.717) is 19.1 Å². The molecule has 1 fully saturated rings. The van der Waals surface area contributed by atoms with Gasteiger partial charge in [0, 0.05) is 61.6 Å². The molecule has 0 aliphatic carbocycles. The molecule has 2 rings (SSSR count). The van der Waals surface area contributed by atoms with E-state index in [1.165, 1.54) is 5.56 Å². The van der Waals surface area contributed by atoms with Gasteiger partial charge in [0.1, 0.15) is 0 Å². The number of hydrogen-bond acceptors (Lipinski definition) is 7. The first-order valence-electron chi connectivity index (χ1n) is 14.4. The minimum absolute atomic E-state index is 0.0515. The fourth-order valence-electron chi connectivity index (χ4n) is 4.74. The Labute approximate surface area is 242 Å². The van der Waals surface area contributed by atoms with Gasteiger partial charge in [-0.25, -0.2) is 0 Å². The van der Waals surface area contributed by atoms with Crippen LogP contribution >= 0.6 is 0 Å². The first-order chi connectivity index (χ1) is 19.1. The highest BCUT2D eigenvalue weighted by Crippen LogP contribution is 2.17. The van der Waals surface area contributed by atoms with Crippen LogP contribution < -0.4 is 32.7 Å². The molecular formula is C31H53N9. The SMILES string of the molecule is C=C(CN)NC(Cc1ccccc1)C(=C)NCC(=C)NC(CCCNC(C)C)C(=C)N1CCCN(C(=N)N)CC1. The highest BCUT2D eigenvalue weighted by atomic mass is 15.3. The minimum atomic E-state index is -0.0551. The molecule has 9 nitrogen and oxygen atoms in total. The van der Waals surface area contributed by atoms with Crippen molar-refractivity contribution in [2.24, 2.45) is 11.5 Å². The van der Waals surface area contributed by atoms with Crippen molar-refractivity contribution in [3.63, 3.8) is 0 Å². The molecule has 9 N–H and O–H groups in total. The quantitative estimate of drug-likeness (QED) is 0.0842. The number of hydrogen-bond donors (Lipinski definition) is 7. The number of guanidine groups is 1. The van der Waals surface area contributed by atoms with E-state index < -0.39 is 0 Å². The lowest BCUT2D eigenvalue weighted by molar-refractivity contribution is 0.316. The summed E-state index contributed by atoms with van der Waals surface area (Å²) in [6.45, 7) is 26.5. The van der Waals surface area contributed by atoms with Gasteiger partial charge in [0.15, 0.2) is 5.96 Å². The molecule has 2 unspecified atom stereocenters. The zero-order chi connectivity index (χ0) is 29.5. The summed E-state index contributed by atoms with van der Waals surface area (Å²) in [6, 6.07) is 10.8. The van der Waals surface area contributed by atoms with Crippen LogP contribution in [-0.2, 0) is 6.42 Å². The summed E-state index contributed by atoms with van der Waals surface area (Å²) in [5, 5.41) is 21.8. The Bertz CT molecular complexity index is 972. The predicted octanol–water partition coefficient (Wildman–Crippen LogP) is 2.43. The predicted molar refractivity (Wildman–Crippen MR) is 170 cm³/mol. The first kappa shape index (κ1) is 32.8. The molecule has 1 aromatic rings. The van der Waals surface area contributed by atoms with E-state index in [1.807, 2.05) is 23.1 Å². The minimum Gasteiger partial charge on any atom is -0.382 e. The van der Waals surface area contributed by atoms with E-state index in [2.05, 4.69) is 78.5 Å². The van der Waals surface area contributed by atoms with Crippen molar-refractivity contribution in [1.82, 2.24) is 31.1 Å². The van der Waals surface area contributed by atoms with Crippen LogP contribution in [0.4, 0.5) is 0 Å². The zero-order valence-corrected chi connectivity index (χ0v) is 24.8. The monoisotopic (exact) mass is 551 g/mol. The third kappa shape index (κ3) is 11.8. The molecule has 2 atom stereocenters. The van der Waals surface area contributed by atoms with E-state index in [0.717, 1.165) is 81.2 Å². The number of rotatable bonds is 18. The van der Waals surface area contributed by atoms with Crippen molar-refractivity contribution in [2.75, 3.05) is 45.8 Å². The zero-order valence-electron chi connectivity index (χ0n) is 24.8. The van der Waals surface area contributed by atoms with E-state index in [9.17, 15) is 0 Å². The van der Waals surface area contributed by atoms with Gasteiger partial charge in [-0.3, -0.25) is 5.41 Å². The van der Waals surface area contributed by atoms with E-state index in [1.54, 1.807) is 0 Å². The Balaban J connectivity index is 2.01. The Kier molecular flexibility index (Phi) is 14.2. The summed E-state index contributed by atoms with van der Waals surface area (Å²) >= 11 is 0. The summed E-state index contributed by atoms with van der Waals surface area (Å²) in [7, 11) is 0. The molecule has 1 heterocycles. The summed E-state index contributed by atoms with van der Waals surface area (Å²) in [5.41, 5.74) is 16.3. The van der Waals surface area contributed by atoms with Crippen molar-refractivity contribution >= 4 is 5.96 Å². The number of nitrogens with two attached hydrogens (primary N) is 2. The number of nitrogens with one attached hydrogen (secondary N) is 5. The van der Waals surface area contributed by atoms with E-state index in [4.69, 9.17) is 16.9 Å². The molecule has 0 amide bonds. The smallest absolute Gasteiger partial charge is 0.188 e. The van der Waals surface area contributed by atoms with Crippen LogP contribution in [0, 0.1) is 5.41 Å². The molecular weight excluding hydrogens is 498 g/mol. The number of benzene rings is 1. The van der Waals surface area contributed by atoms with Crippen LogP contribution in [0.2, 0.25) is 0 Å². The van der Waals surface area contributed by atoms with Gasteiger partial charge in [0.2, 0.25) is 0 Å². The molecule has 0 aromatic heterocycles. The van der Waals surface area contributed by atoms with Gasteiger partial charge in [-0.1, -0.05) is 70.5 Å². The molecule has 1 aliphatic heterocycles. The maximum Gasteiger partial charge on any atom is 0.188 e. The maximum absolute atomic E-state index is 7.81. The Hall–Kier alpha value is -3.43. The summed E-state index contributed by atoms with van der Waals surface area (Å²) in [4.78, 5) is 4.25. The maximum atomic E-state index is 7.81. The highest BCUT2D eigenvalue weighted by molar-refractivity contribution is 5.74. The lowest BCUT2D eigenvalue weighted by Crippen LogP contribution is -2.43. The highest BCUT2D eigenvalue weighted by Gasteiger charge is 2.22. The van der Waals surface area contributed by atoms with Gasteiger partial charge >= 0.3 is 0 Å². The van der Waals surface area contributed by atoms with Crippen molar-refractivity contribution in [3.05, 3.63) is 85.0 Å². The topological polar surface area (TPSA) is 130 Å². The van der Waals surface area contributed by atoms with Crippen molar-refractivity contribution in [1.29, 1.82) is 5.41 Å². The van der Waals surface area contributed by atoms with Crippen LogP contribution in [0.5, 0.6) is 0 Å². The lowest BCUT2D eigenvalue weighted by Gasteiger charge is -2.33. The Morgan fingerprint density at radius 2 is 1.60 bits per heavy atom. The van der Waals surface area contributed by atoms with Gasteiger partial charge in [-0.2, -0.15) is 0 Å². The van der Waals surface area contributed by atoms with Crippen LogP contribution in [0.15, 0.2) is 79.4 Å². The fourth-order valence-corrected chi connectivity index (χ4v) is 4.74. The normalized spacial score (nSPS) is 15.1. The summed E-state index contributed by atoms with van der Waals surface area (Å²) in [6.07, 6.45) is 3.65. The van der Waals surface area contributed by atoms with Gasteiger partial charge in [-0.15, -0.1) is 0 Å². The second kappa shape index (κ2) is 17.3. The standard InChI is InChI=1S/C31H53N9/c1-23(2)35-15-10-14-29(27(6)39-16-11-17-40(19-18-39)31(33)34)38-25(4)22-36-26(5)30(37-24(3)21-32)20-28-12-8-7-9-13-28/h7-9,12-13,23,29-30,35-38H,3-6,10-11,14-22,32H2,1-2H3,(H3,33,34). The van der Waals surface area contributed by atoms with Gasteiger partial charge in [0.25, 0.3) is 0 Å². The van der Waals surface area contributed by atoms with Crippen LogP contribution in [0.1, 0.15) is 38.7 Å². The molecule has 0 bridgehead atoms. The van der Waals surface area contributed by atoms with Gasteiger partial charge in [-0.05, 0) is 37.8 Å². The Morgan fingerprint density at radius 1 is 0.950 bits per heavy atom. The first-order valence-corrected chi connectivity index (χ1v) is 14.4. The molecule has 40 heavy (non-hydrogen) atoms. The fraction of sp³-hybridized carbons (Fsp3) is 0.516. The van der Waals surface area contributed by atoms with Crippen molar-refractivity contribution < 1.29 is 0 Å². The Morgan fingerprint density at radius 3 is 2.25 bits per heavy atom. The van der Waals surface area contributed by atoms with Gasteiger partial charge in [0.05, 0.1) is 18.6 Å². The van der Waals surface area contributed by atoms with Crippen LogP contribution in [-0.4, -0.2) is 79.7 Å². The third-order valence-corrected chi connectivity index (χ3v) is 7.10. The average Bonchev–Trinajstić information content (AvgIpc) is 3.19. The van der Waals surface area contributed by atoms with Crippen LogP contribution in [0.3, 0.4) is 0 Å². The lowest BCUT2D eigenvalue weighted by atomic mass is 10.0. The molecule has 0 saturated carbocycles. The van der Waals surface area contributed by atoms with E-state index in [-0.39, 0.29) is 18.0 Å². The van der Waals surface area contributed by atoms with E-state index >= 15 is 0 Å². The molecule has 9 heteroatoms. The van der Waals surface area contributed by atoms with Crippen molar-refractivity contribution in [2.45, 2.75) is 57.7 Å². The second-order valence-corrected chi connectivity index (χ2v) is 10.8. The molecule has 0 spiro atoms. The second-order valence-electron chi connectivity index (χ2n) is 10.8. The molecule has 1 aliphatic rings. The average molecular weight is 552 g/mol. The molecule has 0 radical (unpaired) electrons. The van der Waals surface area contributed by atoms with Crippen molar-refractivity contribution in [3.8, 4) is 0 Å². The molecule has 1 aromatic carbocycles. The van der Waals surface area contributed by atoms with Gasteiger partial charge < -0.3 is 42.5 Å². The number of nitrogens with zero attached hydrogens (tertiary/aromatic N) is 2. The summed E-state index contributed by atoms with van der Waals surface area (Å²) in [5.74, 6) is 0.136. The summed E-state index contributed by atoms with van der Waals surface area (Å²) < 4.78 is 0. The molecule has 222 valence electrons.